The van der Waals surface area contributed by atoms with Crippen LogP contribution in [0, 0.1) is 0 Å². The van der Waals surface area contributed by atoms with Gasteiger partial charge in [0.2, 0.25) is 0 Å². The van der Waals surface area contributed by atoms with Crippen LogP contribution in [0.5, 0.6) is 0 Å². The van der Waals surface area contributed by atoms with Gasteiger partial charge in [0.15, 0.2) is 0 Å². The normalized spacial score (nSPS) is 9.11. The van der Waals surface area contributed by atoms with E-state index in [-0.39, 0.29) is 103 Å². The van der Waals surface area contributed by atoms with Gasteiger partial charge in [-0.3, -0.25) is 0 Å². The first kappa shape index (κ1) is 22.2. The molecule has 88 valence electrons. The molecule has 0 aromatic heterocycles. The molecule has 0 saturated heterocycles. The number of hydrogen-bond acceptors (Lipinski definition) is 4. The van der Waals surface area contributed by atoms with Gasteiger partial charge in [-0.2, -0.15) is 0 Å². The first-order valence-electron chi connectivity index (χ1n) is 4.91. The summed E-state index contributed by atoms with van der Waals surface area (Å²) in [4.78, 5) is 21.0. The van der Waals surface area contributed by atoms with Crippen molar-refractivity contribution in [2.45, 2.75) is 6.92 Å². The van der Waals surface area contributed by atoms with Gasteiger partial charge in [-0.15, -0.1) is 0 Å². The summed E-state index contributed by atoms with van der Waals surface area (Å²) in [5, 5.41) is 21.0. The minimum atomic E-state index is -1.76. The van der Waals surface area contributed by atoms with Gasteiger partial charge in [-0.25, -0.2) is 0 Å². The predicted octanol–water partition coefficient (Wildman–Crippen LogP) is -6.39. The fraction of sp³-hybridized carbons (Fsp3) is 0.0769. The molecule has 1 rings (SSSR count). The van der Waals surface area contributed by atoms with Crippen molar-refractivity contribution in [3.8, 4) is 0 Å². The zero-order chi connectivity index (χ0) is 12.8. The third-order valence-corrected chi connectivity index (χ3v) is 2.05. The fourth-order valence-corrected chi connectivity index (χ4v) is 1.26. The van der Waals surface area contributed by atoms with E-state index in [4.69, 9.17) is 0 Å². The molecule has 19 heavy (non-hydrogen) atoms. The summed E-state index contributed by atoms with van der Waals surface area (Å²) in [6.45, 7) is 1.87. The molecule has 0 aliphatic heterocycles. The molecule has 0 fully saturated rings. The average Bonchev–Trinajstić information content (AvgIpc) is 2.27. The Bertz CT molecular complexity index is 474. The summed E-state index contributed by atoms with van der Waals surface area (Å²) < 4.78 is 0. The van der Waals surface area contributed by atoms with Crippen LogP contribution in [0.2, 0.25) is 0 Å². The van der Waals surface area contributed by atoms with Crippen LogP contribution in [-0.2, 0) is 9.59 Å². The molecule has 6 heteroatoms. The van der Waals surface area contributed by atoms with Gasteiger partial charge in [0, 0.05) is 5.57 Å². The second-order valence-electron chi connectivity index (χ2n) is 3.30. The summed E-state index contributed by atoms with van der Waals surface area (Å²) in [7, 11) is 0. The predicted molar refractivity (Wildman–Crippen MR) is 59.1 cm³/mol. The zero-order valence-corrected chi connectivity index (χ0v) is 17.4. The Morgan fingerprint density at radius 2 is 1.37 bits per heavy atom. The number of carboxylic acid groups (broad SMARTS) is 2. The van der Waals surface area contributed by atoms with Crippen molar-refractivity contribution >= 4 is 24.1 Å². The first-order valence-corrected chi connectivity index (χ1v) is 4.91. The minimum absolute atomic E-state index is 0. The Morgan fingerprint density at radius 1 is 0.947 bits per heavy atom. The largest absolute Gasteiger partial charge is 1.00 e. The van der Waals surface area contributed by atoms with E-state index in [0.717, 1.165) is 11.6 Å². The van der Waals surface area contributed by atoms with Crippen molar-refractivity contribution in [2.75, 3.05) is 0 Å². The molecule has 4 nitrogen and oxygen atoms in total. The molecule has 0 spiro atoms. The van der Waals surface area contributed by atoms with Crippen LogP contribution in [0.1, 0.15) is 18.1 Å². The first-order chi connectivity index (χ1) is 8.04. The molecule has 0 heterocycles. The van der Waals surface area contributed by atoms with E-state index < -0.39 is 17.5 Å². The van der Waals surface area contributed by atoms with E-state index in [1.807, 2.05) is 19.1 Å². The maximum atomic E-state index is 10.5. The Hall–Kier alpha value is 0.913. The summed E-state index contributed by atoms with van der Waals surface area (Å²) in [6, 6.07) is 6.71. The molecular formula is C13H10K2O4. The molecule has 0 radical (unpaired) electrons. The Labute approximate surface area is 196 Å². The van der Waals surface area contributed by atoms with E-state index in [2.05, 4.69) is 0 Å². The van der Waals surface area contributed by atoms with E-state index in [9.17, 15) is 19.8 Å². The summed E-state index contributed by atoms with van der Waals surface area (Å²) in [5.74, 6) is -3.52. The van der Waals surface area contributed by atoms with Crippen molar-refractivity contribution in [1.82, 2.24) is 0 Å². The monoisotopic (exact) mass is 308 g/mol. The maximum Gasteiger partial charge on any atom is 1.00 e. The number of rotatable bonds is 4. The molecule has 0 aliphatic carbocycles. The van der Waals surface area contributed by atoms with Gasteiger partial charge in [0.05, 0.1) is 11.9 Å². The van der Waals surface area contributed by atoms with E-state index >= 15 is 0 Å². The van der Waals surface area contributed by atoms with Gasteiger partial charge in [-0.05, 0) is 24.1 Å². The number of carbonyl (C=O) groups excluding carboxylic acids is 2. The van der Waals surface area contributed by atoms with Crippen molar-refractivity contribution < 1.29 is 123 Å². The molecule has 0 aliphatic rings. The number of allylic oxidation sites excluding steroid dienone is 1. The SMILES string of the molecule is CC=Cc1ccc(C=C(C(=O)[O-])C(=O)[O-])cc1.[K+].[K+]. The summed E-state index contributed by atoms with van der Waals surface area (Å²) in [6.07, 6.45) is 4.73. The van der Waals surface area contributed by atoms with Crippen LogP contribution in [0.15, 0.2) is 35.9 Å². The van der Waals surface area contributed by atoms with Crippen LogP contribution in [0.3, 0.4) is 0 Å². The van der Waals surface area contributed by atoms with Gasteiger partial charge in [-0.1, -0.05) is 36.4 Å². The number of hydrogen-bond donors (Lipinski definition) is 0. The van der Waals surface area contributed by atoms with Crippen LogP contribution >= 0.6 is 0 Å². The second kappa shape index (κ2) is 11.6. The van der Waals surface area contributed by atoms with Crippen LogP contribution < -0.4 is 113 Å². The topological polar surface area (TPSA) is 80.3 Å². The fourth-order valence-electron chi connectivity index (χ4n) is 1.26. The quantitative estimate of drug-likeness (QED) is 0.240. The van der Waals surface area contributed by atoms with Gasteiger partial charge >= 0.3 is 103 Å². The molecule has 0 unspecified atom stereocenters. The van der Waals surface area contributed by atoms with Gasteiger partial charge in [0.25, 0.3) is 0 Å². The Kier molecular flexibility index (Phi) is 13.5. The number of aliphatic carboxylic acids is 2. The maximum absolute atomic E-state index is 10.5. The Morgan fingerprint density at radius 3 is 1.74 bits per heavy atom. The number of carbonyl (C=O) groups is 2. The standard InChI is InChI=1S/C13H12O4.2K/c1-2-3-9-4-6-10(7-5-9)8-11(12(14)15)13(16)17;;/h2-8H,1H3,(H,14,15)(H,16,17);;/q;2*+1/p-2. The smallest absolute Gasteiger partial charge is 0.545 e. The van der Waals surface area contributed by atoms with E-state index in [1.165, 1.54) is 0 Å². The Balaban J connectivity index is 0. The molecule has 1 aromatic carbocycles. The number of benzene rings is 1. The van der Waals surface area contributed by atoms with Gasteiger partial charge in [0.1, 0.15) is 0 Å². The molecule has 0 saturated carbocycles. The van der Waals surface area contributed by atoms with Crippen molar-refractivity contribution in [1.29, 1.82) is 0 Å². The molecule has 0 amide bonds. The molecule has 0 N–H and O–H groups in total. The molecule has 0 bridgehead atoms. The molecule has 1 aromatic rings. The average molecular weight is 308 g/mol. The van der Waals surface area contributed by atoms with Crippen LogP contribution in [0.4, 0.5) is 0 Å². The van der Waals surface area contributed by atoms with E-state index in [0.29, 0.717) is 5.56 Å². The summed E-state index contributed by atoms with van der Waals surface area (Å²) in [5.41, 5.74) is 0.526. The van der Waals surface area contributed by atoms with Crippen LogP contribution in [-0.4, -0.2) is 11.9 Å². The second-order valence-corrected chi connectivity index (χ2v) is 3.30. The zero-order valence-electron chi connectivity index (χ0n) is 11.2. The number of carboxylic acids is 2. The van der Waals surface area contributed by atoms with Crippen molar-refractivity contribution in [2.24, 2.45) is 0 Å². The van der Waals surface area contributed by atoms with E-state index in [1.54, 1.807) is 24.3 Å². The third-order valence-electron chi connectivity index (χ3n) is 2.05. The molecular weight excluding hydrogens is 298 g/mol. The van der Waals surface area contributed by atoms with Gasteiger partial charge < -0.3 is 19.8 Å². The van der Waals surface area contributed by atoms with Crippen molar-refractivity contribution in [3.63, 3.8) is 0 Å². The van der Waals surface area contributed by atoms with Crippen LogP contribution in [0.25, 0.3) is 12.2 Å². The third kappa shape index (κ3) is 8.06. The summed E-state index contributed by atoms with van der Waals surface area (Å²) >= 11 is 0. The minimum Gasteiger partial charge on any atom is -0.545 e. The molecule has 0 atom stereocenters. The van der Waals surface area contributed by atoms with Crippen molar-refractivity contribution in [3.05, 3.63) is 47.0 Å².